The van der Waals surface area contributed by atoms with Crippen LogP contribution in [-0.4, -0.2) is 16.1 Å². The van der Waals surface area contributed by atoms with Gasteiger partial charge in [-0.25, -0.2) is 4.98 Å². The minimum absolute atomic E-state index is 0. The van der Waals surface area contributed by atoms with Crippen LogP contribution < -0.4 is 5.73 Å². The molecule has 1 rings (SSSR count). The van der Waals surface area contributed by atoms with Gasteiger partial charge in [-0.05, 0) is 6.54 Å². The van der Waals surface area contributed by atoms with Crippen molar-refractivity contribution < 1.29 is 0 Å². The first-order chi connectivity index (χ1) is 4.31. The summed E-state index contributed by atoms with van der Waals surface area (Å²) in [5, 5.41) is 0. The van der Waals surface area contributed by atoms with E-state index >= 15 is 0 Å². The predicted molar refractivity (Wildman–Crippen MR) is 48.3 cm³/mol. The second-order valence-electron chi connectivity index (χ2n) is 1.64. The zero-order valence-electron chi connectivity index (χ0n) is 6.32. The van der Waals surface area contributed by atoms with Crippen LogP contribution in [0.4, 0.5) is 0 Å². The third-order valence-corrected chi connectivity index (χ3v) is 0.637. The van der Waals surface area contributed by atoms with Crippen molar-refractivity contribution in [3.05, 3.63) is 18.7 Å². The Kier molecular flexibility index (Phi) is 10.7. The number of halogens is 1. The molecule has 0 fully saturated rings. The van der Waals surface area contributed by atoms with Gasteiger partial charge in [0.25, 0.3) is 0 Å². The van der Waals surface area contributed by atoms with E-state index in [0.717, 1.165) is 6.54 Å². The Morgan fingerprint density at radius 2 is 2.10 bits per heavy atom. The minimum Gasteiger partial charge on any atom is -0.341 e. The van der Waals surface area contributed by atoms with E-state index in [1.54, 1.807) is 12.5 Å². The van der Waals surface area contributed by atoms with Crippen LogP contribution >= 0.6 is 17.0 Å². The lowest BCUT2D eigenvalue weighted by Crippen LogP contribution is -1.87. The summed E-state index contributed by atoms with van der Waals surface area (Å²) < 4.78 is 1.89. The maximum Gasteiger partial charge on any atom is 0.0943 e. The Morgan fingerprint density at radius 1 is 1.60 bits per heavy atom. The van der Waals surface area contributed by atoms with Gasteiger partial charge in [-0.1, -0.05) is 6.92 Å². The summed E-state index contributed by atoms with van der Waals surface area (Å²) in [6, 6.07) is 0. The molecule has 0 spiro atoms. The van der Waals surface area contributed by atoms with Crippen molar-refractivity contribution in [2.75, 3.05) is 6.54 Å². The Hall–Kier alpha value is -0.350. The number of nitrogens with zero attached hydrogens (tertiary/aromatic N) is 2. The van der Waals surface area contributed by atoms with Gasteiger partial charge in [-0.3, -0.25) is 0 Å². The molecule has 0 aliphatic rings. The standard InChI is InChI=1S/C4H6N2.C2H7N.BrH/c1-6-3-2-5-4-6;1-2-3;/h2-4H,1H3;2-3H2,1H3;1H. The molecule has 0 atom stereocenters. The van der Waals surface area contributed by atoms with Gasteiger partial charge < -0.3 is 10.3 Å². The van der Waals surface area contributed by atoms with Gasteiger partial charge in [0, 0.05) is 19.4 Å². The molecular formula is C6H14BrN3. The first kappa shape index (κ1) is 12.3. The van der Waals surface area contributed by atoms with Crippen molar-refractivity contribution >= 4 is 17.0 Å². The Labute approximate surface area is 72.0 Å². The molecule has 10 heavy (non-hydrogen) atoms. The Morgan fingerprint density at radius 3 is 2.20 bits per heavy atom. The molecule has 1 heterocycles. The molecule has 1 aromatic rings. The maximum atomic E-state index is 4.85. The summed E-state index contributed by atoms with van der Waals surface area (Å²) in [5.74, 6) is 0. The molecule has 0 saturated heterocycles. The van der Waals surface area contributed by atoms with Crippen LogP contribution in [0.5, 0.6) is 0 Å². The summed E-state index contributed by atoms with van der Waals surface area (Å²) in [6.07, 6.45) is 5.39. The smallest absolute Gasteiger partial charge is 0.0943 e. The number of aryl methyl sites for hydroxylation is 1. The van der Waals surface area contributed by atoms with Gasteiger partial charge >= 0.3 is 0 Å². The quantitative estimate of drug-likeness (QED) is 0.690. The van der Waals surface area contributed by atoms with Crippen LogP contribution in [0.3, 0.4) is 0 Å². The molecule has 1 aromatic heterocycles. The average molecular weight is 208 g/mol. The van der Waals surface area contributed by atoms with E-state index in [9.17, 15) is 0 Å². The molecule has 3 nitrogen and oxygen atoms in total. The third-order valence-electron chi connectivity index (χ3n) is 0.637. The number of hydrogen-bond acceptors (Lipinski definition) is 2. The van der Waals surface area contributed by atoms with Crippen LogP contribution in [0.1, 0.15) is 6.92 Å². The van der Waals surface area contributed by atoms with Crippen LogP contribution in [0.2, 0.25) is 0 Å². The fourth-order valence-electron chi connectivity index (χ4n) is 0.326. The van der Waals surface area contributed by atoms with Crippen LogP contribution in [-0.2, 0) is 7.05 Å². The Bertz CT molecular complexity index is 128. The van der Waals surface area contributed by atoms with Gasteiger partial charge in [0.15, 0.2) is 0 Å². The van der Waals surface area contributed by atoms with Crippen molar-refractivity contribution in [3.8, 4) is 0 Å². The SMILES string of the molecule is Br.CCN.Cn1ccnc1. The minimum atomic E-state index is 0. The fourth-order valence-corrected chi connectivity index (χ4v) is 0.326. The lowest BCUT2D eigenvalue weighted by molar-refractivity contribution is 0.913. The molecule has 0 aliphatic heterocycles. The first-order valence-electron chi connectivity index (χ1n) is 2.93. The summed E-state index contributed by atoms with van der Waals surface area (Å²) in [7, 11) is 1.94. The number of imidazole rings is 1. The van der Waals surface area contributed by atoms with Gasteiger partial charge in [0.2, 0.25) is 0 Å². The van der Waals surface area contributed by atoms with E-state index in [-0.39, 0.29) is 17.0 Å². The van der Waals surface area contributed by atoms with Crippen molar-refractivity contribution in [2.45, 2.75) is 6.92 Å². The summed E-state index contributed by atoms with van der Waals surface area (Å²) in [4.78, 5) is 3.78. The number of hydrogen-bond donors (Lipinski definition) is 1. The van der Waals surface area contributed by atoms with E-state index in [1.807, 2.05) is 24.7 Å². The van der Waals surface area contributed by atoms with Crippen LogP contribution in [0.25, 0.3) is 0 Å². The number of nitrogens with two attached hydrogens (primary N) is 1. The van der Waals surface area contributed by atoms with Crippen LogP contribution in [0, 0.1) is 0 Å². The fraction of sp³-hybridized carbons (Fsp3) is 0.500. The second-order valence-corrected chi connectivity index (χ2v) is 1.64. The summed E-state index contributed by atoms with van der Waals surface area (Å²) >= 11 is 0. The molecule has 0 bridgehead atoms. The number of rotatable bonds is 0. The monoisotopic (exact) mass is 207 g/mol. The predicted octanol–water partition coefficient (Wildman–Crippen LogP) is 0.963. The van der Waals surface area contributed by atoms with Gasteiger partial charge in [0.1, 0.15) is 0 Å². The summed E-state index contributed by atoms with van der Waals surface area (Å²) in [5.41, 5.74) is 4.85. The van der Waals surface area contributed by atoms with E-state index in [4.69, 9.17) is 5.73 Å². The zero-order valence-corrected chi connectivity index (χ0v) is 8.03. The van der Waals surface area contributed by atoms with Gasteiger partial charge in [-0.2, -0.15) is 0 Å². The highest BCUT2D eigenvalue weighted by Crippen LogP contribution is 1.73. The van der Waals surface area contributed by atoms with E-state index in [2.05, 4.69) is 4.98 Å². The summed E-state index contributed by atoms with van der Waals surface area (Å²) in [6.45, 7) is 2.65. The van der Waals surface area contributed by atoms with Gasteiger partial charge in [-0.15, -0.1) is 17.0 Å². The maximum absolute atomic E-state index is 4.85. The highest BCUT2D eigenvalue weighted by molar-refractivity contribution is 8.93. The molecule has 0 radical (unpaired) electrons. The molecule has 0 saturated carbocycles. The molecular weight excluding hydrogens is 194 g/mol. The first-order valence-corrected chi connectivity index (χ1v) is 2.93. The highest BCUT2D eigenvalue weighted by atomic mass is 79.9. The van der Waals surface area contributed by atoms with Crippen LogP contribution in [0.15, 0.2) is 18.7 Å². The van der Waals surface area contributed by atoms with Crippen molar-refractivity contribution in [1.82, 2.24) is 9.55 Å². The molecule has 0 unspecified atom stereocenters. The molecule has 0 aromatic carbocycles. The molecule has 0 amide bonds. The second kappa shape index (κ2) is 8.65. The van der Waals surface area contributed by atoms with Crippen molar-refractivity contribution in [1.29, 1.82) is 0 Å². The molecule has 4 heteroatoms. The molecule has 0 aliphatic carbocycles. The van der Waals surface area contributed by atoms with Crippen molar-refractivity contribution in [3.63, 3.8) is 0 Å². The average Bonchev–Trinajstić information content (AvgIpc) is 2.20. The van der Waals surface area contributed by atoms with Gasteiger partial charge in [0.05, 0.1) is 6.33 Å². The van der Waals surface area contributed by atoms with E-state index < -0.39 is 0 Å². The largest absolute Gasteiger partial charge is 0.341 e. The van der Waals surface area contributed by atoms with E-state index in [1.165, 1.54) is 0 Å². The normalized spacial score (nSPS) is 7.10. The lowest BCUT2D eigenvalue weighted by atomic mass is 10.8. The lowest BCUT2D eigenvalue weighted by Gasteiger charge is -1.76. The Balaban J connectivity index is 0. The topological polar surface area (TPSA) is 43.8 Å². The molecule has 2 N–H and O–H groups in total. The van der Waals surface area contributed by atoms with Crippen molar-refractivity contribution in [2.24, 2.45) is 12.8 Å². The highest BCUT2D eigenvalue weighted by Gasteiger charge is 1.69. The third kappa shape index (κ3) is 7.65. The number of aromatic nitrogens is 2. The molecule has 60 valence electrons. The zero-order chi connectivity index (χ0) is 7.11. The van der Waals surface area contributed by atoms with E-state index in [0.29, 0.717) is 0 Å².